The maximum absolute atomic E-state index is 13.2. The van der Waals surface area contributed by atoms with Gasteiger partial charge in [0.25, 0.3) is 0 Å². The quantitative estimate of drug-likeness (QED) is 0.0342. The van der Waals surface area contributed by atoms with Crippen LogP contribution in [0.25, 0.3) is 0 Å². The summed E-state index contributed by atoms with van der Waals surface area (Å²) in [4.78, 5) is 40.9. The number of carboxylic acids is 2. The molecule has 11 heteroatoms. The normalized spacial score (nSPS) is 15.8. The molecule has 1 aliphatic rings. The summed E-state index contributed by atoms with van der Waals surface area (Å²) in [5.74, 6) is -4.14. The van der Waals surface area contributed by atoms with Crippen molar-refractivity contribution in [2.45, 2.75) is 252 Å². The Morgan fingerprint density at radius 3 is 1.14 bits per heavy atom. The molecule has 0 aromatic heterocycles. The summed E-state index contributed by atoms with van der Waals surface area (Å²) in [5, 5.41) is 21.0. The molecule has 1 aliphatic heterocycles. The second-order valence-corrected chi connectivity index (χ2v) is 19.6. The maximum atomic E-state index is 13.2. The summed E-state index contributed by atoms with van der Waals surface area (Å²) in [5.41, 5.74) is 0. The Morgan fingerprint density at radius 2 is 0.831 bits per heavy atom. The van der Waals surface area contributed by atoms with Gasteiger partial charge in [-0.05, 0) is 103 Å². The largest absolute Gasteiger partial charge is 0.481 e. The Bertz CT molecular complexity index is 1010. The van der Waals surface area contributed by atoms with Crippen LogP contribution < -0.4 is 0 Å². The van der Waals surface area contributed by atoms with Crippen LogP contribution in [-0.4, -0.2) is 98.8 Å². The van der Waals surface area contributed by atoms with Crippen LogP contribution in [0.5, 0.6) is 0 Å². The van der Waals surface area contributed by atoms with Crippen molar-refractivity contribution in [2.75, 3.05) is 53.2 Å². The highest BCUT2D eigenvalue weighted by molar-refractivity contribution is 5.73. The molecular weight excluding hydrogens is 823 g/mol. The number of rotatable bonds is 49. The molecule has 0 radical (unpaired) electrons. The van der Waals surface area contributed by atoms with Crippen LogP contribution in [0.15, 0.2) is 0 Å². The fraction of sp³-hybridized carbons (Fsp3) is 0.944. The molecule has 0 amide bonds. The van der Waals surface area contributed by atoms with Crippen molar-refractivity contribution in [3.63, 3.8) is 0 Å². The molecule has 0 aromatic rings. The van der Waals surface area contributed by atoms with Crippen molar-refractivity contribution in [2.24, 2.45) is 23.7 Å². The highest BCUT2D eigenvalue weighted by Crippen LogP contribution is 2.29. The summed E-state index contributed by atoms with van der Waals surface area (Å²) < 4.78 is 30.9. The molecule has 1 saturated heterocycles. The summed E-state index contributed by atoms with van der Waals surface area (Å²) >= 11 is 0. The Morgan fingerprint density at radius 1 is 0.492 bits per heavy atom. The van der Waals surface area contributed by atoms with Crippen LogP contribution in [0.3, 0.4) is 0 Å². The van der Waals surface area contributed by atoms with Gasteiger partial charge < -0.3 is 38.8 Å². The van der Waals surface area contributed by atoms with Crippen molar-refractivity contribution >= 4 is 17.9 Å². The van der Waals surface area contributed by atoms with Gasteiger partial charge in [-0.1, -0.05) is 156 Å². The van der Waals surface area contributed by atoms with Gasteiger partial charge in [0.1, 0.15) is 0 Å². The SMILES string of the molecule is CCCCCCCCOC(CCCC(CC(COC(=O)C1CCN(C)C1)CC(CCCC(OCCCCCCCC)OCCCCCCCC)C(=O)O)C(=O)O)OCCCCCCCC. The average Bonchev–Trinajstić information content (AvgIpc) is 3.73. The van der Waals surface area contributed by atoms with Gasteiger partial charge in [-0.25, -0.2) is 0 Å². The van der Waals surface area contributed by atoms with Crippen LogP contribution in [0, 0.1) is 23.7 Å². The standard InChI is InChI=1S/C54H103NO10/c1-6-10-14-18-22-26-38-61-50(62-39-27-23-19-15-11-7-2)34-30-32-47(52(56)57)42-46(45-65-54(60)49-36-37-55(5)44-49)43-48(53(58)59)33-31-35-51(63-40-28-24-20-16-12-8-3)64-41-29-25-21-17-13-9-4/h46-51H,6-45H2,1-5H3,(H,56,57)(H,58,59). The molecule has 3 unspecified atom stereocenters. The molecule has 1 heterocycles. The van der Waals surface area contributed by atoms with Gasteiger partial charge in [-0.3, -0.25) is 14.4 Å². The van der Waals surface area contributed by atoms with Crippen LogP contribution in [-0.2, 0) is 38.1 Å². The number of nitrogens with zero attached hydrogens (tertiary/aromatic N) is 1. The first-order valence-corrected chi connectivity index (χ1v) is 27.4. The summed E-state index contributed by atoms with van der Waals surface area (Å²) in [7, 11) is 1.98. The second kappa shape index (κ2) is 43.5. The number of likely N-dealkylation sites (tertiary alicyclic amines) is 1. The third kappa shape index (κ3) is 35.1. The van der Waals surface area contributed by atoms with Gasteiger partial charge in [0, 0.05) is 33.0 Å². The smallest absolute Gasteiger partial charge is 0.310 e. The Balaban J connectivity index is 2.97. The number of unbranched alkanes of at least 4 members (excludes halogenated alkanes) is 20. The molecule has 0 bridgehead atoms. The number of carboxylic acid groups (broad SMARTS) is 2. The lowest BCUT2D eigenvalue weighted by atomic mass is 9.83. The monoisotopic (exact) mass is 926 g/mol. The van der Waals surface area contributed by atoms with Crippen molar-refractivity contribution in [1.82, 2.24) is 4.90 Å². The highest BCUT2D eigenvalue weighted by Gasteiger charge is 2.32. The van der Waals surface area contributed by atoms with E-state index in [4.69, 9.17) is 23.7 Å². The van der Waals surface area contributed by atoms with Crippen molar-refractivity contribution in [3.8, 4) is 0 Å². The lowest BCUT2D eigenvalue weighted by Gasteiger charge is -2.25. The van der Waals surface area contributed by atoms with Gasteiger partial charge in [0.2, 0.25) is 0 Å². The van der Waals surface area contributed by atoms with E-state index in [0.29, 0.717) is 71.5 Å². The van der Waals surface area contributed by atoms with Gasteiger partial charge >= 0.3 is 17.9 Å². The fourth-order valence-corrected chi connectivity index (χ4v) is 9.05. The number of hydrogen-bond acceptors (Lipinski definition) is 9. The molecule has 65 heavy (non-hydrogen) atoms. The molecule has 1 fully saturated rings. The molecule has 384 valence electrons. The number of esters is 1. The second-order valence-electron chi connectivity index (χ2n) is 19.6. The van der Waals surface area contributed by atoms with E-state index in [1.54, 1.807) is 0 Å². The molecule has 11 nitrogen and oxygen atoms in total. The lowest BCUT2D eigenvalue weighted by molar-refractivity contribution is -0.153. The van der Waals surface area contributed by atoms with Crippen LogP contribution in [0.4, 0.5) is 0 Å². The highest BCUT2D eigenvalue weighted by atomic mass is 16.7. The fourth-order valence-electron chi connectivity index (χ4n) is 9.05. The van der Waals surface area contributed by atoms with E-state index in [-0.39, 0.29) is 43.9 Å². The summed E-state index contributed by atoms with van der Waals surface area (Å²) in [6.45, 7) is 12.9. The molecule has 3 atom stereocenters. The zero-order valence-electron chi connectivity index (χ0n) is 42.9. The zero-order valence-corrected chi connectivity index (χ0v) is 42.9. The van der Waals surface area contributed by atoms with E-state index in [1.165, 1.54) is 103 Å². The van der Waals surface area contributed by atoms with Crippen LogP contribution >= 0.6 is 0 Å². The van der Waals surface area contributed by atoms with Crippen LogP contribution in [0.2, 0.25) is 0 Å². The predicted octanol–water partition coefficient (Wildman–Crippen LogP) is 13.8. The number of aliphatic carboxylic acids is 2. The van der Waals surface area contributed by atoms with E-state index < -0.39 is 29.7 Å². The van der Waals surface area contributed by atoms with Crippen molar-refractivity contribution < 1.29 is 48.3 Å². The summed E-state index contributed by atoms with van der Waals surface area (Å²) in [6, 6.07) is 0. The molecule has 0 saturated carbocycles. The van der Waals surface area contributed by atoms with Gasteiger partial charge in [0.05, 0.1) is 24.4 Å². The predicted molar refractivity (Wildman–Crippen MR) is 264 cm³/mol. The number of hydrogen-bond donors (Lipinski definition) is 2. The minimum atomic E-state index is -0.906. The van der Waals surface area contributed by atoms with E-state index in [9.17, 15) is 24.6 Å². The van der Waals surface area contributed by atoms with Crippen molar-refractivity contribution in [1.29, 1.82) is 0 Å². The van der Waals surface area contributed by atoms with Crippen LogP contribution in [0.1, 0.15) is 240 Å². The zero-order chi connectivity index (χ0) is 47.6. The Hall–Kier alpha value is -1.79. The topological polar surface area (TPSA) is 141 Å². The van der Waals surface area contributed by atoms with Gasteiger partial charge in [0.15, 0.2) is 12.6 Å². The number of carbonyl (C=O) groups excluding carboxylic acids is 1. The number of carbonyl (C=O) groups is 3. The Labute approximate surface area is 398 Å². The Kier molecular flexibility index (Phi) is 41.0. The van der Waals surface area contributed by atoms with E-state index in [0.717, 1.165) is 64.3 Å². The minimum Gasteiger partial charge on any atom is -0.481 e. The summed E-state index contributed by atoms with van der Waals surface area (Å²) in [6.07, 6.45) is 31.9. The molecule has 0 spiro atoms. The molecule has 0 aliphatic carbocycles. The molecular formula is C54H103NO10. The van der Waals surface area contributed by atoms with Gasteiger partial charge in [-0.15, -0.1) is 0 Å². The van der Waals surface area contributed by atoms with E-state index >= 15 is 0 Å². The first kappa shape index (κ1) is 61.2. The van der Waals surface area contributed by atoms with E-state index in [2.05, 4.69) is 32.6 Å². The third-order valence-electron chi connectivity index (χ3n) is 13.3. The van der Waals surface area contributed by atoms with Crippen molar-refractivity contribution in [3.05, 3.63) is 0 Å². The maximum Gasteiger partial charge on any atom is 0.310 e. The third-order valence-corrected chi connectivity index (χ3v) is 13.3. The molecule has 2 N–H and O–H groups in total. The number of ether oxygens (including phenoxy) is 5. The first-order valence-electron chi connectivity index (χ1n) is 27.4. The molecule has 1 rings (SSSR count). The first-order chi connectivity index (χ1) is 31.6. The van der Waals surface area contributed by atoms with E-state index in [1.807, 2.05) is 7.05 Å². The average molecular weight is 926 g/mol. The van der Waals surface area contributed by atoms with Gasteiger partial charge in [-0.2, -0.15) is 0 Å². The molecule has 0 aromatic carbocycles. The minimum absolute atomic E-state index is 0.0172. The lowest BCUT2D eigenvalue weighted by Crippen LogP contribution is -2.29.